The van der Waals surface area contributed by atoms with Crippen molar-refractivity contribution in [2.45, 2.75) is 12.4 Å². The van der Waals surface area contributed by atoms with E-state index in [4.69, 9.17) is 0 Å². The van der Waals surface area contributed by atoms with Crippen molar-refractivity contribution in [3.63, 3.8) is 0 Å². The van der Waals surface area contributed by atoms with Crippen LogP contribution in [-0.2, 0) is 6.18 Å². The van der Waals surface area contributed by atoms with E-state index < -0.39 is 35.0 Å². The summed E-state index contributed by atoms with van der Waals surface area (Å²) in [4.78, 5) is 12.0. The zero-order valence-electron chi connectivity index (χ0n) is 12.4. The molecule has 8 heteroatoms. The predicted octanol–water partition coefficient (Wildman–Crippen LogP) is 5.45. The van der Waals surface area contributed by atoms with E-state index in [-0.39, 0.29) is 11.8 Å². The van der Waals surface area contributed by atoms with Crippen LogP contribution in [0.15, 0.2) is 66.4 Å². The first kappa shape index (κ1) is 18.6. The summed E-state index contributed by atoms with van der Waals surface area (Å²) in [5.41, 5.74) is -2.90. The number of hydrogen-bond donors (Lipinski definition) is 1. The van der Waals surface area contributed by atoms with Gasteiger partial charge in [-0.1, -0.05) is 30.3 Å². The van der Waals surface area contributed by atoms with Gasteiger partial charge in [0.15, 0.2) is 5.78 Å². The minimum absolute atomic E-state index is 0.0860. The number of para-hydroxylation sites is 1. The third-order valence-corrected chi connectivity index (χ3v) is 3.11. The van der Waals surface area contributed by atoms with Crippen LogP contribution >= 0.6 is 0 Å². The average molecular weight is 359 g/mol. The molecular weight excluding hydrogens is 348 g/mol. The maximum atomic E-state index is 13.1. The summed E-state index contributed by atoms with van der Waals surface area (Å²) in [6, 6.07) is 10.5. The molecule has 0 heterocycles. The molecule has 2 aromatic carbocycles. The summed E-state index contributed by atoms with van der Waals surface area (Å²) in [7, 11) is 0. The number of rotatable bonds is 4. The van der Waals surface area contributed by atoms with Gasteiger partial charge in [0.1, 0.15) is 5.70 Å². The summed E-state index contributed by atoms with van der Waals surface area (Å²) < 4.78 is 77.2. The number of hydrogen-bond acceptors (Lipinski definition) is 2. The molecule has 0 aliphatic carbocycles. The number of allylic oxidation sites excluding steroid dienone is 2. The lowest BCUT2D eigenvalue weighted by Gasteiger charge is -2.14. The van der Waals surface area contributed by atoms with E-state index in [1.54, 1.807) is 6.07 Å². The highest BCUT2D eigenvalue weighted by Crippen LogP contribution is 2.30. The van der Waals surface area contributed by atoms with Gasteiger partial charge in [0, 0.05) is 17.3 Å². The van der Waals surface area contributed by atoms with Crippen LogP contribution < -0.4 is 5.32 Å². The number of ketones is 1. The largest absolute Gasteiger partial charge is 0.431 e. The van der Waals surface area contributed by atoms with Gasteiger partial charge in [0.25, 0.3) is 0 Å². The van der Waals surface area contributed by atoms with Crippen LogP contribution in [-0.4, -0.2) is 12.0 Å². The Morgan fingerprint density at radius 2 is 1.52 bits per heavy atom. The van der Waals surface area contributed by atoms with Crippen LogP contribution in [0.25, 0.3) is 0 Å². The Morgan fingerprint density at radius 1 is 0.880 bits per heavy atom. The fraction of sp³-hybridized carbons (Fsp3) is 0.118. The third kappa shape index (κ3) is 5.10. The molecule has 0 amide bonds. The molecule has 0 unspecified atom stereocenters. The van der Waals surface area contributed by atoms with E-state index in [0.29, 0.717) is 6.07 Å². The number of halogens is 6. The van der Waals surface area contributed by atoms with Crippen LogP contribution in [0.1, 0.15) is 15.9 Å². The van der Waals surface area contributed by atoms with Crippen molar-refractivity contribution in [3.8, 4) is 0 Å². The van der Waals surface area contributed by atoms with Gasteiger partial charge >= 0.3 is 12.4 Å². The second-order valence-electron chi connectivity index (χ2n) is 4.99. The van der Waals surface area contributed by atoms with Gasteiger partial charge in [-0.05, 0) is 24.3 Å². The van der Waals surface area contributed by atoms with Crippen molar-refractivity contribution in [2.75, 3.05) is 5.32 Å². The molecule has 132 valence electrons. The molecule has 0 saturated carbocycles. The lowest BCUT2D eigenvalue weighted by molar-refractivity contribution is -0.137. The topological polar surface area (TPSA) is 29.1 Å². The molecule has 25 heavy (non-hydrogen) atoms. The zero-order chi connectivity index (χ0) is 18.7. The standard InChI is InChI=1S/C17H11F6NO/c18-16(19,20)12-6-4-5-11(9-12)14(25)10-15(17(21,22)23)24-13-7-2-1-3-8-13/h1-10,24H/b15-10+. The van der Waals surface area contributed by atoms with Gasteiger partial charge in [-0.3, -0.25) is 4.79 Å². The smallest absolute Gasteiger partial charge is 0.351 e. The first-order chi connectivity index (χ1) is 11.6. The molecule has 2 nitrogen and oxygen atoms in total. The molecule has 2 aromatic rings. The summed E-state index contributed by atoms with van der Waals surface area (Å²) in [5.74, 6) is -1.19. The van der Waals surface area contributed by atoms with Crippen LogP contribution in [0, 0.1) is 0 Å². The summed E-state index contributed by atoms with van der Waals surface area (Å²) >= 11 is 0. The lowest BCUT2D eigenvalue weighted by atomic mass is 10.1. The Balaban J connectivity index is 2.35. The minimum atomic E-state index is -4.88. The third-order valence-electron chi connectivity index (χ3n) is 3.11. The highest BCUT2D eigenvalue weighted by molar-refractivity contribution is 6.05. The van der Waals surface area contributed by atoms with E-state index in [9.17, 15) is 31.1 Å². The molecular formula is C17H11F6NO. The normalized spacial score (nSPS) is 12.8. The molecule has 2 rings (SSSR count). The van der Waals surface area contributed by atoms with Crippen molar-refractivity contribution in [1.29, 1.82) is 0 Å². The second-order valence-corrected chi connectivity index (χ2v) is 4.99. The molecule has 0 radical (unpaired) electrons. The molecule has 0 saturated heterocycles. The van der Waals surface area contributed by atoms with E-state index >= 15 is 0 Å². The number of alkyl halides is 6. The lowest BCUT2D eigenvalue weighted by Crippen LogP contribution is -2.20. The summed E-state index contributed by atoms with van der Waals surface area (Å²) in [5, 5.41) is 2.06. The van der Waals surface area contributed by atoms with E-state index in [1.807, 2.05) is 0 Å². The van der Waals surface area contributed by atoms with Crippen LogP contribution in [0.3, 0.4) is 0 Å². The number of anilines is 1. The van der Waals surface area contributed by atoms with Crippen LogP contribution in [0.5, 0.6) is 0 Å². The number of benzene rings is 2. The maximum absolute atomic E-state index is 13.1. The van der Waals surface area contributed by atoms with E-state index in [2.05, 4.69) is 5.32 Å². The fourth-order valence-electron chi connectivity index (χ4n) is 1.93. The average Bonchev–Trinajstić information content (AvgIpc) is 2.53. The van der Waals surface area contributed by atoms with Gasteiger partial charge in [0.2, 0.25) is 0 Å². The van der Waals surface area contributed by atoms with E-state index in [1.165, 1.54) is 24.3 Å². The number of nitrogens with one attached hydrogen (secondary N) is 1. The van der Waals surface area contributed by atoms with Gasteiger partial charge in [-0.25, -0.2) is 0 Å². The van der Waals surface area contributed by atoms with E-state index in [0.717, 1.165) is 18.2 Å². The molecule has 0 bridgehead atoms. The first-order valence-electron chi connectivity index (χ1n) is 6.90. The summed E-state index contributed by atoms with van der Waals surface area (Å²) in [6.45, 7) is 0. The number of carbonyl (C=O) groups is 1. The molecule has 0 aliphatic heterocycles. The molecule has 0 spiro atoms. The van der Waals surface area contributed by atoms with Gasteiger partial charge < -0.3 is 5.32 Å². The fourth-order valence-corrected chi connectivity index (χ4v) is 1.93. The molecule has 0 aliphatic rings. The first-order valence-corrected chi connectivity index (χ1v) is 6.90. The molecule has 0 aromatic heterocycles. The van der Waals surface area contributed by atoms with Crippen LogP contribution in [0.2, 0.25) is 0 Å². The minimum Gasteiger partial charge on any atom is -0.351 e. The van der Waals surface area contributed by atoms with Crippen LogP contribution in [0.4, 0.5) is 32.0 Å². The van der Waals surface area contributed by atoms with Crippen molar-refractivity contribution >= 4 is 11.5 Å². The molecule has 1 N–H and O–H groups in total. The molecule has 0 fully saturated rings. The predicted molar refractivity (Wildman–Crippen MR) is 80.0 cm³/mol. The Labute approximate surface area is 138 Å². The number of carbonyl (C=O) groups excluding carboxylic acids is 1. The van der Waals surface area contributed by atoms with Crippen molar-refractivity contribution in [2.24, 2.45) is 0 Å². The monoisotopic (exact) mass is 359 g/mol. The van der Waals surface area contributed by atoms with Gasteiger partial charge in [0.05, 0.1) is 5.56 Å². The quantitative estimate of drug-likeness (QED) is 0.447. The maximum Gasteiger partial charge on any atom is 0.431 e. The molecule has 0 atom stereocenters. The highest BCUT2D eigenvalue weighted by Gasteiger charge is 2.35. The van der Waals surface area contributed by atoms with Gasteiger partial charge in [-0.15, -0.1) is 0 Å². The Bertz CT molecular complexity index is 778. The van der Waals surface area contributed by atoms with Gasteiger partial charge in [-0.2, -0.15) is 26.3 Å². The van der Waals surface area contributed by atoms with Crippen molar-refractivity contribution < 1.29 is 31.1 Å². The van der Waals surface area contributed by atoms with Crippen molar-refractivity contribution in [3.05, 3.63) is 77.5 Å². The Kier molecular flexibility index (Phi) is 5.20. The van der Waals surface area contributed by atoms with Crippen molar-refractivity contribution in [1.82, 2.24) is 0 Å². The Morgan fingerprint density at radius 3 is 2.08 bits per heavy atom. The second kappa shape index (κ2) is 7.00. The highest BCUT2D eigenvalue weighted by atomic mass is 19.4. The zero-order valence-corrected chi connectivity index (χ0v) is 12.4. The Hall–Kier alpha value is -2.77. The summed E-state index contributed by atoms with van der Waals surface area (Å²) in [6.07, 6.45) is -9.34. The SMILES string of the molecule is O=C(/C=C(/Nc1ccccc1)C(F)(F)F)c1cccc(C(F)(F)F)c1.